The number of para-hydroxylation sites is 1. The Kier molecular flexibility index (Phi) is 6.08. The lowest BCUT2D eigenvalue weighted by Crippen LogP contribution is -2.42. The van der Waals surface area contributed by atoms with Crippen LogP contribution in [-0.4, -0.2) is 29.4 Å². The molecule has 0 aromatic heterocycles. The van der Waals surface area contributed by atoms with Gasteiger partial charge in [0.15, 0.2) is 0 Å². The zero-order valence-corrected chi connectivity index (χ0v) is 11.9. The maximum absolute atomic E-state index is 11.6. The van der Waals surface area contributed by atoms with Crippen LogP contribution < -0.4 is 10.5 Å². The minimum Gasteiger partial charge on any atom is -0.493 e. The molecule has 0 spiro atoms. The molecule has 3 atom stereocenters. The number of carboxylic acid groups (broad SMARTS) is 1. The highest BCUT2D eigenvalue weighted by Gasteiger charge is 2.40. The predicted octanol–water partition coefficient (Wildman–Crippen LogP) is 0.596. The minimum atomic E-state index is -1.54. The van der Waals surface area contributed by atoms with Crippen LogP contribution in [-0.2, 0) is 14.4 Å². The van der Waals surface area contributed by atoms with Crippen LogP contribution in [0.4, 0.5) is 0 Å². The second-order valence-corrected chi connectivity index (χ2v) is 4.72. The van der Waals surface area contributed by atoms with E-state index in [9.17, 15) is 19.5 Å². The molecule has 3 unspecified atom stereocenters. The van der Waals surface area contributed by atoms with Crippen LogP contribution in [0.2, 0.25) is 0 Å². The summed E-state index contributed by atoms with van der Waals surface area (Å²) in [6.07, 6.45) is 0. The largest absolute Gasteiger partial charge is 0.493 e. The summed E-state index contributed by atoms with van der Waals surface area (Å²) in [7, 11) is 0. The molecule has 7 heteroatoms. The number of Topliss-reactive ketones (excluding diaryl/α,β-unsaturated/α-hetero) is 1. The standard InChI is InChI=1S/C15H16N2O5/c1-9(18)13(15(20)21)12(11(7-16)14(17)19)8-22-10-5-3-2-4-6-10/h2-6,11-13H,8H2,1H3,(H2,17,19)(H,20,21). The van der Waals surface area contributed by atoms with E-state index in [1.54, 1.807) is 36.4 Å². The fourth-order valence-electron chi connectivity index (χ4n) is 2.12. The molecule has 0 fully saturated rings. The number of nitriles is 1. The number of primary amides is 1. The molecule has 0 heterocycles. The first-order valence-electron chi connectivity index (χ1n) is 6.48. The van der Waals surface area contributed by atoms with Crippen LogP contribution in [0.15, 0.2) is 30.3 Å². The van der Waals surface area contributed by atoms with Crippen molar-refractivity contribution in [3.05, 3.63) is 30.3 Å². The Morgan fingerprint density at radius 1 is 1.32 bits per heavy atom. The van der Waals surface area contributed by atoms with Gasteiger partial charge in [-0.15, -0.1) is 0 Å². The average Bonchev–Trinajstić information content (AvgIpc) is 2.45. The molecule has 22 heavy (non-hydrogen) atoms. The summed E-state index contributed by atoms with van der Waals surface area (Å²) in [4.78, 5) is 34.3. The van der Waals surface area contributed by atoms with Crippen LogP contribution >= 0.6 is 0 Å². The van der Waals surface area contributed by atoms with Crippen molar-refractivity contribution in [2.45, 2.75) is 6.92 Å². The third kappa shape index (κ3) is 4.31. The number of rotatable bonds is 8. The van der Waals surface area contributed by atoms with Gasteiger partial charge in [0, 0.05) is 5.92 Å². The SMILES string of the molecule is CC(=O)C(C(=O)O)C(COc1ccccc1)C(C#N)C(N)=O. The van der Waals surface area contributed by atoms with E-state index in [1.165, 1.54) is 0 Å². The Bertz CT molecular complexity index is 580. The molecule has 0 saturated carbocycles. The number of hydrogen-bond acceptors (Lipinski definition) is 5. The van der Waals surface area contributed by atoms with E-state index in [-0.39, 0.29) is 6.61 Å². The number of nitrogens with zero attached hydrogens (tertiary/aromatic N) is 1. The van der Waals surface area contributed by atoms with Gasteiger partial charge < -0.3 is 15.6 Å². The normalized spacial score (nSPS) is 14.2. The summed E-state index contributed by atoms with van der Waals surface area (Å²) in [6, 6.07) is 10.1. The predicted molar refractivity (Wildman–Crippen MR) is 75.5 cm³/mol. The van der Waals surface area contributed by atoms with Gasteiger partial charge in [-0.05, 0) is 19.1 Å². The van der Waals surface area contributed by atoms with E-state index in [4.69, 9.17) is 15.7 Å². The number of ether oxygens (including phenoxy) is 1. The van der Waals surface area contributed by atoms with Crippen molar-refractivity contribution in [1.29, 1.82) is 5.26 Å². The van der Waals surface area contributed by atoms with E-state index < -0.39 is 35.4 Å². The van der Waals surface area contributed by atoms with Crippen LogP contribution in [0.5, 0.6) is 5.75 Å². The van der Waals surface area contributed by atoms with Gasteiger partial charge in [-0.1, -0.05) is 18.2 Å². The summed E-state index contributed by atoms with van der Waals surface area (Å²) in [5, 5.41) is 18.3. The first-order chi connectivity index (χ1) is 10.4. The van der Waals surface area contributed by atoms with Gasteiger partial charge in [0.1, 0.15) is 23.4 Å². The smallest absolute Gasteiger partial charge is 0.314 e. The van der Waals surface area contributed by atoms with Gasteiger partial charge in [-0.25, -0.2) is 0 Å². The number of aliphatic carboxylic acids is 1. The second kappa shape index (κ2) is 7.78. The van der Waals surface area contributed by atoms with E-state index in [0.29, 0.717) is 5.75 Å². The number of carboxylic acids is 1. The lowest BCUT2D eigenvalue weighted by Gasteiger charge is -2.24. The molecule has 3 N–H and O–H groups in total. The maximum atomic E-state index is 11.6. The molecule has 0 aliphatic heterocycles. The molecule has 1 amide bonds. The molecule has 0 aliphatic rings. The zero-order chi connectivity index (χ0) is 16.7. The highest BCUT2D eigenvalue weighted by atomic mass is 16.5. The van der Waals surface area contributed by atoms with Gasteiger partial charge in [-0.2, -0.15) is 5.26 Å². The molecule has 0 bridgehead atoms. The molecule has 116 valence electrons. The van der Waals surface area contributed by atoms with Crippen molar-refractivity contribution in [2.75, 3.05) is 6.61 Å². The summed E-state index contributed by atoms with van der Waals surface area (Å²) >= 11 is 0. The highest BCUT2D eigenvalue weighted by molar-refractivity contribution is 5.98. The van der Waals surface area contributed by atoms with Crippen molar-refractivity contribution in [3.63, 3.8) is 0 Å². The van der Waals surface area contributed by atoms with Gasteiger partial charge in [0.2, 0.25) is 5.91 Å². The monoisotopic (exact) mass is 304 g/mol. The van der Waals surface area contributed by atoms with E-state index >= 15 is 0 Å². The molecular weight excluding hydrogens is 288 g/mol. The molecular formula is C15H16N2O5. The summed E-state index contributed by atoms with van der Waals surface area (Å²) in [6.45, 7) is 0.797. The zero-order valence-electron chi connectivity index (χ0n) is 11.9. The van der Waals surface area contributed by atoms with Crippen LogP contribution in [0, 0.1) is 29.1 Å². The topological polar surface area (TPSA) is 130 Å². The fraction of sp³-hybridized carbons (Fsp3) is 0.333. The highest BCUT2D eigenvalue weighted by Crippen LogP contribution is 2.24. The number of hydrogen-bond donors (Lipinski definition) is 2. The number of amides is 1. The Morgan fingerprint density at radius 3 is 2.32 bits per heavy atom. The number of nitrogens with two attached hydrogens (primary N) is 1. The Balaban J connectivity index is 3.05. The fourth-order valence-corrected chi connectivity index (χ4v) is 2.12. The van der Waals surface area contributed by atoms with Crippen LogP contribution in [0.25, 0.3) is 0 Å². The summed E-state index contributed by atoms with van der Waals surface area (Å²) < 4.78 is 5.41. The van der Waals surface area contributed by atoms with Gasteiger partial charge in [0.05, 0.1) is 12.7 Å². The lowest BCUT2D eigenvalue weighted by atomic mass is 9.80. The van der Waals surface area contributed by atoms with Gasteiger partial charge in [0.25, 0.3) is 0 Å². The minimum absolute atomic E-state index is 0.290. The molecule has 7 nitrogen and oxygen atoms in total. The molecule has 1 aromatic carbocycles. The Morgan fingerprint density at radius 2 is 1.91 bits per heavy atom. The molecule has 0 saturated heterocycles. The molecule has 1 rings (SSSR count). The van der Waals surface area contributed by atoms with Crippen molar-refractivity contribution in [2.24, 2.45) is 23.5 Å². The maximum Gasteiger partial charge on any atom is 0.314 e. The van der Waals surface area contributed by atoms with Gasteiger partial charge in [-0.3, -0.25) is 14.4 Å². The summed E-state index contributed by atoms with van der Waals surface area (Å²) in [5.74, 6) is -6.79. The third-order valence-corrected chi connectivity index (χ3v) is 3.19. The van der Waals surface area contributed by atoms with Crippen molar-refractivity contribution >= 4 is 17.7 Å². The van der Waals surface area contributed by atoms with Gasteiger partial charge >= 0.3 is 5.97 Å². The quantitative estimate of drug-likeness (QED) is 0.676. The van der Waals surface area contributed by atoms with E-state index in [2.05, 4.69) is 0 Å². The third-order valence-electron chi connectivity index (χ3n) is 3.19. The van der Waals surface area contributed by atoms with Crippen LogP contribution in [0.1, 0.15) is 6.92 Å². The van der Waals surface area contributed by atoms with Crippen molar-refractivity contribution < 1.29 is 24.2 Å². The number of carbonyl (C=O) groups is 3. The summed E-state index contributed by atoms with van der Waals surface area (Å²) in [5.41, 5.74) is 5.13. The first-order valence-corrected chi connectivity index (χ1v) is 6.48. The molecule has 1 aromatic rings. The Labute approximate surface area is 127 Å². The van der Waals surface area contributed by atoms with Crippen LogP contribution in [0.3, 0.4) is 0 Å². The molecule has 0 aliphatic carbocycles. The number of ketones is 1. The van der Waals surface area contributed by atoms with E-state index in [1.807, 2.05) is 0 Å². The van der Waals surface area contributed by atoms with Crippen molar-refractivity contribution in [3.8, 4) is 11.8 Å². The lowest BCUT2D eigenvalue weighted by molar-refractivity contribution is -0.149. The number of benzene rings is 1. The second-order valence-electron chi connectivity index (χ2n) is 4.72. The van der Waals surface area contributed by atoms with E-state index in [0.717, 1.165) is 6.92 Å². The number of carbonyl (C=O) groups excluding carboxylic acids is 2. The molecule has 0 radical (unpaired) electrons. The average molecular weight is 304 g/mol. The first kappa shape index (κ1) is 17.2. The Hall–Kier alpha value is -2.88. The van der Waals surface area contributed by atoms with Crippen molar-refractivity contribution in [1.82, 2.24) is 0 Å².